The van der Waals surface area contributed by atoms with Crippen LogP contribution in [0.25, 0.3) is 0 Å². The Kier molecular flexibility index (Phi) is 4.59. The van der Waals surface area contributed by atoms with Crippen molar-refractivity contribution in [3.05, 3.63) is 24.0 Å². The highest BCUT2D eigenvalue weighted by molar-refractivity contribution is 5.93. The van der Waals surface area contributed by atoms with Crippen molar-refractivity contribution in [1.82, 2.24) is 4.98 Å². The molecule has 6 heteroatoms. The topological polar surface area (TPSA) is 105 Å². The zero-order chi connectivity index (χ0) is 12.8. The number of nitrogens with one attached hydrogen (secondary N) is 1. The third-order valence-electron chi connectivity index (χ3n) is 2.40. The van der Waals surface area contributed by atoms with Gasteiger partial charge in [0, 0.05) is 6.54 Å². The van der Waals surface area contributed by atoms with Gasteiger partial charge in [-0.15, -0.1) is 0 Å². The Morgan fingerprint density at radius 1 is 1.53 bits per heavy atom. The molecule has 1 aromatic heterocycles. The van der Waals surface area contributed by atoms with Gasteiger partial charge in [-0.1, -0.05) is 6.92 Å². The number of aromatic carboxylic acids is 1. The van der Waals surface area contributed by atoms with Crippen molar-refractivity contribution >= 4 is 17.6 Å². The van der Waals surface area contributed by atoms with Gasteiger partial charge in [0.1, 0.15) is 5.69 Å². The molecule has 6 nitrogen and oxygen atoms in total. The second kappa shape index (κ2) is 5.95. The minimum absolute atomic E-state index is 0.0612. The number of carboxylic acid groups (broad SMARTS) is 1. The molecule has 0 saturated carbocycles. The number of hydrogen-bond acceptors (Lipinski definition) is 4. The number of pyridine rings is 1. The summed E-state index contributed by atoms with van der Waals surface area (Å²) < 4.78 is 0. The first-order valence-electron chi connectivity index (χ1n) is 5.28. The molecule has 0 fully saturated rings. The van der Waals surface area contributed by atoms with Gasteiger partial charge in [0.2, 0.25) is 5.91 Å². The smallest absolute Gasteiger partial charge is 0.354 e. The molecular formula is C11H15N3O3. The largest absolute Gasteiger partial charge is 0.477 e. The molecule has 0 aliphatic rings. The highest BCUT2D eigenvalue weighted by Crippen LogP contribution is 2.09. The van der Waals surface area contributed by atoms with Crippen molar-refractivity contribution in [2.75, 3.05) is 11.9 Å². The lowest BCUT2D eigenvalue weighted by Gasteiger charge is -2.12. The van der Waals surface area contributed by atoms with Crippen LogP contribution in [-0.2, 0) is 4.79 Å². The molecule has 4 N–H and O–H groups in total. The molecule has 0 aliphatic heterocycles. The number of carboxylic acids is 1. The summed E-state index contributed by atoms with van der Waals surface area (Å²) in [5.41, 5.74) is 5.85. The summed E-state index contributed by atoms with van der Waals surface area (Å²) in [6, 6.07) is 2.83. The molecule has 1 heterocycles. The second-order valence-electron chi connectivity index (χ2n) is 3.57. The average Bonchev–Trinajstić information content (AvgIpc) is 2.31. The molecule has 0 aromatic carbocycles. The molecule has 0 spiro atoms. The van der Waals surface area contributed by atoms with Crippen LogP contribution in [0.5, 0.6) is 0 Å². The van der Waals surface area contributed by atoms with E-state index in [4.69, 9.17) is 10.8 Å². The van der Waals surface area contributed by atoms with Gasteiger partial charge in [-0.25, -0.2) is 9.78 Å². The first-order valence-corrected chi connectivity index (χ1v) is 5.28. The lowest BCUT2D eigenvalue weighted by molar-refractivity contribution is -0.119. The van der Waals surface area contributed by atoms with Gasteiger partial charge >= 0.3 is 5.97 Å². The second-order valence-corrected chi connectivity index (χ2v) is 3.57. The van der Waals surface area contributed by atoms with Crippen LogP contribution in [-0.4, -0.2) is 28.5 Å². The van der Waals surface area contributed by atoms with Gasteiger partial charge in [-0.3, -0.25) is 4.79 Å². The third kappa shape index (κ3) is 3.53. The maximum atomic E-state index is 11.7. The molecule has 0 aliphatic carbocycles. The van der Waals surface area contributed by atoms with Crippen molar-refractivity contribution in [1.29, 1.82) is 0 Å². The molecule has 1 amide bonds. The van der Waals surface area contributed by atoms with E-state index >= 15 is 0 Å². The first kappa shape index (κ1) is 13.1. The van der Waals surface area contributed by atoms with Gasteiger partial charge in [0.05, 0.1) is 17.8 Å². The number of rotatable bonds is 5. The maximum Gasteiger partial charge on any atom is 0.354 e. The van der Waals surface area contributed by atoms with E-state index in [9.17, 15) is 9.59 Å². The molecule has 1 aromatic rings. The fourth-order valence-corrected chi connectivity index (χ4v) is 1.30. The number of anilines is 1. The normalized spacial score (nSPS) is 11.9. The van der Waals surface area contributed by atoms with Crippen LogP contribution in [0.4, 0.5) is 5.69 Å². The number of carbonyl (C=O) groups excluding carboxylic acids is 1. The van der Waals surface area contributed by atoms with Crippen molar-refractivity contribution in [2.45, 2.75) is 13.3 Å². The number of nitrogens with two attached hydrogens (primary N) is 1. The van der Waals surface area contributed by atoms with Crippen molar-refractivity contribution < 1.29 is 14.7 Å². The molecule has 1 unspecified atom stereocenters. The van der Waals surface area contributed by atoms with E-state index in [1.807, 2.05) is 6.92 Å². The van der Waals surface area contributed by atoms with Crippen LogP contribution in [0.2, 0.25) is 0 Å². The van der Waals surface area contributed by atoms with Crippen LogP contribution >= 0.6 is 0 Å². The van der Waals surface area contributed by atoms with E-state index in [2.05, 4.69) is 10.3 Å². The summed E-state index contributed by atoms with van der Waals surface area (Å²) >= 11 is 0. The van der Waals surface area contributed by atoms with E-state index in [0.29, 0.717) is 12.1 Å². The summed E-state index contributed by atoms with van der Waals surface area (Å²) in [7, 11) is 0. The van der Waals surface area contributed by atoms with Gasteiger partial charge in [-0.05, 0) is 18.6 Å². The number of aromatic nitrogens is 1. The van der Waals surface area contributed by atoms with E-state index in [0.717, 1.165) is 0 Å². The summed E-state index contributed by atoms with van der Waals surface area (Å²) in [6.07, 6.45) is 1.97. The third-order valence-corrected chi connectivity index (χ3v) is 2.40. The number of nitrogens with zero attached hydrogens (tertiary/aromatic N) is 1. The fraction of sp³-hybridized carbons (Fsp3) is 0.364. The summed E-state index contributed by atoms with van der Waals surface area (Å²) in [4.78, 5) is 25.9. The van der Waals surface area contributed by atoms with Crippen LogP contribution in [0.3, 0.4) is 0 Å². The highest BCUT2D eigenvalue weighted by atomic mass is 16.4. The number of hydrogen-bond donors (Lipinski definition) is 3. The number of carbonyl (C=O) groups is 2. The van der Waals surface area contributed by atoms with Crippen LogP contribution < -0.4 is 11.1 Å². The zero-order valence-corrected chi connectivity index (χ0v) is 9.51. The van der Waals surface area contributed by atoms with Crippen LogP contribution in [0.15, 0.2) is 18.3 Å². The molecular weight excluding hydrogens is 222 g/mol. The average molecular weight is 237 g/mol. The molecule has 0 bridgehead atoms. The zero-order valence-electron chi connectivity index (χ0n) is 9.51. The van der Waals surface area contributed by atoms with Gasteiger partial charge in [-0.2, -0.15) is 0 Å². The first-order chi connectivity index (χ1) is 8.08. The standard InChI is InChI=1S/C11H15N3O3/c1-2-7(5-12)10(15)14-8-3-4-9(11(16)17)13-6-8/h3-4,6-7H,2,5,12H2,1H3,(H,14,15)(H,16,17). The van der Waals surface area contributed by atoms with Crippen molar-refractivity contribution in [3.8, 4) is 0 Å². The lowest BCUT2D eigenvalue weighted by atomic mass is 10.1. The summed E-state index contributed by atoms with van der Waals surface area (Å²) in [5.74, 6) is -1.52. The van der Waals surface area contributed by atoms with Crippen molar-refractivity contribution in [2.24, 2.45) is 11.7 Å². The predicted molar refractivity (Wildman–Crippen MR) is 62.7 cm³/mol. The van der Waals surface area contributed by atoms with Gasteiger partial charge in [0.15, 0.2) is 0 Å². The Hall–Kier alpha value is -1.95. The van der Waals surface area contributed by atoms with Gasteiger partial charge < -0.3 is 16.2 Å². The maximum absolute atomic E-state index is 11.7. The predicted octanol–water partition coefficient (Wildman–Crippen LogP) is 0.703. The van der Waals surface area contributed by atoms with Crippen LogP contribution in [0, 0.1) is 5.92 Å². The summed E-state index contributed by atoms with van der Waals surface area (Å²) in [6.45, 7) is 2.16. The number of amides is 1. The highest BCUT2D eigenvalue weighted by Gasteiger charge is 2.14. The van der Waals surface area contributed by atoms with E-state index < -0.39 is 5.97 Å². The SMILES string of the molecule is CCC(CN)C(=O)Nc1ccc(C(=O)O)nc1. The molecule has 92 valence electrons. The molecule has 1 atom stereocenters. The molecule has 0 saturated heterocycles. The van der Waals surface area contributed by atoms with Gasteiger partial charge in [0.25, 0.3) is 0 Å². The molecule has 17 heavy (non-hydrogen) atoms. The Balaban J connectivity index is 2.69. The van der Waals surface area contributed by atoms with Crippen LogP contribution in [0.1, 0.15) is 23.8 Å². The minimum Gasteiger partial charge on any atom is -0.477 e. The summed E-state index contributed by atoms with van der Waals surface area (Å²) in [5, 5.41) is 11.3. The quantitative estimate of drug-likeness (QED) is 0.699. The fourth-order valence-electron chi connectivity index (χ4n) is 1.30. The lowest BCUT2D eigenvalue weighted by Crippen LogP contribution is -2.28. The Labute approximate surface area is 98.8 Å². The molecule has 0 radical (unpaired) electrons. The van der Waals surface area contributed by atoms with E-state index in [1.54, 1.807) is 0 Å². The monoisotopic (exact) mass is 237 g/mol. The Morgan fingerprint density at radius 2 is 2.24 bits per heavy atom. The molecule has 1 rings (SSSR count). The van der Waals surface area contributed by atoms with E-state index in [1.165, 1.54) is 18.3 Å². The Morgan fingerprint density at radius 3 is 2.65 bits per heavy atom. The minimum atomic E-state index is -1.10. The Bertz CT molecular complexity index is 399. The van der Waals surface area contributed by atoms with Crippen molar-refractivity contribution in [3.63, 3.8) is 0 Å². The van der Waals surface area contributed by atoms with E-state index in [-0.39, 0.29) is 24.1 Å².